The molecule has 0 radical (unpaired) electrons. The third-order valence-electron chi connectivity index (χ3n) is 4.85. The second kappa shape index (κ2) is 6.85. The number of benzene rings is 1. The van der Waals surface area contributed by atoms with Crippen molar-refractivity contribution >= 4 is 22.6 Å². The van der Waals surface area contributed by atoms with Crippen molar-refractivity contribution in [1.29, 1.82) is 0 Å². The number of aryl methyl sites for hydroxylation is 1. The highest BCUT2D eigenvalue weighted by atomic mass is 16.5. The van der Waals surface area contributed by atoms with Crippen molar-refractivity contribution in [3.63, 3.8) is 0 Å². The van der Waals surface area contributed by atoms with Gasteiger partial charge in [-0.1, -0.05) is 0 Å². The molecule has 1 aliphatic heterocycles. The van der Waals surface area contributed by atoms with Crippen molar-refractivity contribution in [2.24, 2.45) is 0 Å². The monoisotopic (exact) mass is 331 g/mol. The predicted octanol–water partition coefficient (Wildman–Crippen LogP) is 3.84. The van der Waals surface area contributed by atoms with Crippen LogP contribution in [0.4, 0.5) is 5.69 Å². The maximum atomic E-state index is 12.4. The van der Waals surface area contributed by atoms with Crippen molar-refractivity contribution in [3.05, 3.63) is 29.0 Å². The molecule has 0 amide bonds. The fourth-order valence-corrected chi connectivity index (χ4v) is 3.68. The Kier molecular flexibility index (Phi) is 4.81. The molecule has 1 aliphatic rings. The zero-order valence-electron chi connectivity index (χ0n) is 14.8. The summed E-state index contributed by atoms with van der Waals surface area (Å²) >= 11 is 0. The number of carbonyl (C=O) groups excluding carboxylic acids is 1. The number of fused-ring (bicyclic) bond motifs is 1. The molecule has 1 saturated heterocycles. The number of furan rings is 1. The Morgan fingerprint density at radius 1 is 1.29 bits per heavy atom. The highest BCUT2D eigenvalue weighted by Crippen LogP contribution is 2.35. The van der Waals surface area contributed by atoms with Crippen LogP contribution in [0.1, 0.15) is 41.4 Å². The van der Waals surface area contributed by atoms with E-state index in [0.29, 0.717) is 11.6 Å². The van der Waals surface area contributed by atoms with Crippen molar-refractivity contribution < 1.29 is 18.7 Å². The third kappa shape index (κ3) is 2.88. The number of methoxy groups -OCH3 is 1. The fraction of sp³-hybridized carbons (Fsp3) is 0.526. The summed E-state index contributed by atoms with van der Waals surface area (Å²) in [5.41, 5.74) is 3.33. The molecule has 2 aromatic rings. The summed E-state index contributed by atoms with van der Waals surface area (Å²) in [5, 5.41) is 0.823. The molecular weight excluding hydrogens is 306 g/mol. The average molecular weight is 331 g/mol. The van der Waals surface area contributed by atoms with Crippen LogP contribution < -0.4 is 4.90 Å². The maximum Gasteiger partial charge on any atom is 0.338 e. The van der Waals surface area contributed by atoms with E-state index in [2.05, 4.69) is 17.9 Å². The lowest BCUT2D eigenvalue weighted by Crippen LogP contribution is -2.40. The molecule has 130 valence electrons. The van der Waals surface area contributed by atoms with Crippen LogP contribution in [0.5, 0.6) is 0 Å². The van der Waals surface area contributed by atoms with Crippen LogP contribution in [0.2, 0.25) is 0 Å². The molecule has 1 aromatic carbocycles. The van der Waals surface area contributed by atoms with Gasteiger partial charge in [0.2, 0.25) is 0 Å². The molecule has 0 aliphatic carbocycles. The first-order valence-corrected chi connectivity index (χ1v) is 8.53. The lowest BCUT2D eigenvalue weighted by Gasteiger charge is -2.36. The largest absolute Gasteiger partial charge is 0.465 e. The van der Waals surface area contributed by atoms with E-state index in [1.807, 2.05) is 19.9 Å². The fourth-order valence-electron chi connectivity index (χ4n) is 3.68. The van der Waals surface area contributed by atoms with Gasteiger partial charge < -0.3 is 18.8 Å². The number of nitrogens with zero attached hydrogens (tertiary/aromatic N) is 1. The van der Waals surface area contributed by atoms with E-state index in [1.54, 1.807) is 0 Å². The first-order chi connectivity index (χ1) is 11.6. The Bertz CT molecular complexity index is 743. The molecule has 0 unspecified atom stereocenters. The Morgan fingerprint density at radius 2 is 2.00 bits per heavy atom. The zero-order valence-corrected chi connectivity index (χ0v) is 14.8. The van der Waals surface area contributed by atoms with Crippen LogP contribution in [-0.4, -0.2) is 38.9 Å². The number of carbonyl (C=O) groups is 1. The molecule has 2 heterocycles. The summed E-state index contributed by atoms with van der Waals surface area (Å²) in [4.78, 5) is 14.8. The number of esters is 1. The minimum Gasteiger partial charge on any atom is -0.465 e. The predicted molar refractivity (Wildman–Crippen MR) is 93.9 cm³/mol. The van der Waals surface area contributed by atoms with E-state index in [0.717, 1.165) is 60.6 Å². The summed E-state index contributed by atoms with van der Waals surface area (Å²) in [5.74, 6) is 0.476. The van der Waals surface area contributed by atoms with E-state index in [-0.39, 0.29) is 5.97 Å². The van der Waals surface area contributed by atoms with Crippen LogP contribution in [0.15, 0.2) is 16.5 Å². The van der Waals surface area contributed by atoms with Gasteiger partial charge in [0.1, 0.15) is 11.3 Å². The summed E-state index contributed by atoms with van der Waals surface area (Å²) in [6.45, 7) is 8.47. The van der Waals surface area contributed by atoms with E-state index in [4.69, 9.17) is 13.9 Å². The van der Waals surface area contributed by atoms with E-state index >= 15 is 0 Å². The average Bonchev–Trinajstić information content (AvgIpc) is 2.96. The highest BCUT2D eigenvalue weighted by Gasteiger charge is 2.26. The summed E-state index contributed by atoms with van der Waals surface area (Å²) in [6, 6.07) is 4.38. The zero-order chi connectivity index (χ0) is 17.3. The van der Waals surface area contributed by atoms with Crippen molar-refractivity contribution in [3.8, 4) is 0 Å². The molecule has 0 N–H and O–H groups in total. The van der Waals surface area contributed by atoms with Gasteiger partial charge >= 0.3 is 5.97 Å². The topological polar surface area (TPSA) is 51.9 Å². The minimum atomic E-state index is -0.316. The first-order valence-electron chi connectivity index (χ1n) is 8.53. The van der Waals surface area contributed by atoms with Gasteiger partial charge in [-0.05, 0) is 45.2 Å². The van der Waals surface area contributed by atoms with Crippen LogP contribution in [-0.2, 0) is 9.47 Å². The normalized spacial score (nSPS) is 15.7. The molecule has 5 nitrogen and oxygen atoms in total. The van der Waals surface area contributed by atoms with Gasteiger partial charge in [-0.3, -0.25) is 0 Å². The number of ether oxygens (including phenoxy) is 2. The molecule has 24 heavy (non-hydrogen) atoms. The lowest BCUT2D eigenvalue weighted by molar-refractivity contribution is 0.0602. The van der Waals surface area contributed by atoms with E-state index in [1.165, 1.54) is 7.11 Å². The van der Waals surface area contributed by atoms with Crippen LogP contribution in [0, 0.1) is 13.8 Å². The summed E-state index contributed by atoms with van der Waals surface area (Å²) in [6.07, 6.45) is 1.99. The van der Waals surface area contributed by atoms with Crippen LogP contribution in [0.25, 0.3) is 11.0 Å². The molecule has 1 fully saturated rings. The van der Waals surface area contributed by atoms with Gasteiger partial charge in [-0.15, -0.1) is 0 Å². The van der Waals surface area contributed by atoms with Gasteiger partial charge in [0, 0.05) is 42.9 Å². The van der Waals surface area contributed by atoms with Gasteiger partial charge in [-0.2, -0.15) is 0 Å². The highest BCUT2D eigenvalue weighted by molar-refractivity contribution is 6.06. The Hall–Kier alpha value is -2.01. The quantitative estimate of drug-likeness (QED) is 0.797. The number of hydrogen-bond donors (Lipinski definition) is 0. The molecule has 0 atom stereocenters. The Morgan fingerprint density at radius 3 is 2.62 bits per heavy atom. The third-order valence-corrected chi connectivity index (χ3v) is 4.85. The van der Waals surface area contributed by atoms with Crippen LogP contribution in [0.3, 0.4) is 0 Å². The Balaban J connectivity index is 2.15. The minimum absolute atomic E-state index is 0.316. The van der Waals surface area contributed by atoms with Gasteiger partial charge in [-0.25, -0.2) is 4.79 Å². The Labute approximate surface area is 142 Å². The SMILES string of the molecule is CCN(c1cc2oc(C)cc2c(C(=O)OC)c1C)C1CCOCC1. The van der Waals surface area contributed by atoms with Gasteiger partial charge in [0.05, 0.1) is 12.7 Å². The van der Waals surface area contributed by atoms with E-state index < -0.39 is 0 Å². The smallest absolute Gasteiger partial charge is 0.338 e. The standard InChI is InChI=1S/C19H25NO4/c1-5-20(14-6-8-23-9-7-14)16-11-17-15(10-12(2)24-17)18(13(16)3)19(21)22-4/h10-11,14H,5-9H2,1-4H3. The second-order valence-corrected chi connectivity index (χ2v) is 6.29. The van der Waals surface area contributed by atoms with Crippen LogP contribution >= 0.6 is 0 Å². The van der Waals surface area contributed by atoms with Crippen molar-refractivity contribution in [2.75, 3.05) is 31.8 Å². The van der Waals surface area contributed by atoms with Gasteiger partial charge in [0.25, 0.3) is 0 Å². The van der Waals surface area contributed by atoms with Crippen molar-refractivity contribution in [1.82, 2.24) is 0 Å². The summed E-state index contributed by atoms with van der Waals surface area (Å²) < 4.78 is 16.3. The first kappa shape index (κ1) is 16.8. The molecule has 1 aromatic heterocycles. The number of anilines is 1. The van der Waals surface area contributed by atoms with Gasteiger partial charge in [0.15, 0.2) is 0 Å². The molecule has 0 saturated carbocycles. The molecule has 0 spiro atoms. The van der Waals surface area contributed by atoms with Crippen molar-refractivity contribution in [2.45, 2.75) is 39.7 Å². The van der Waals surface area contributed by atoms with E-state index in [9.17, 15) is 4.79 Å². The second-order valence-electron chi connectivity index (χ2n) is 6.29. The number of hydrogen-bond acceptors (Lipinski definition) is 5. The molecule has 5 heteroatoms. The summed E-state index contributed by atoms with van der Waals surface area (Å²) in [7, 11) is 1.42. The maximum absolute atomic E-state index is 12.4. The lowest BCUT2D eigenvalue weighted by atomic mass is 9.98. The molecule has 3 rings (SSSR count). The molecular formula is C19H25NO4. The molecule has 0 bridgehead atoms. The number of rotatable bonds is 4.